The first-order chi connectivity index (χ1) is 12.8. The second kappa shape index (κ2) is 10.1. The molecule has 2 N–H and O–H groups in total. The molecule has 1 unspecified atom stereocenters. The third-order valence-corrected chi connectivity index (χ3v) is 6.60. The van der Waals surface area contributed by atoms with Crippen molar-refractivity contribution in [2.24, 2.45) is 10.9 Å². The van der Waals surface area contributed by atoms with Crippen LogP contribution in [0, 0.1) is 5.92 Å². The molecule has 152 valence electrons. The molecular weight excluding hydrogens is 360 g/mol. The summed E-state index contributed by atoms with van der Waals surface area (Å²) in [6.45, 7) is 10.8. The number of sulfonamides is 1. The Morgan fingerprint density at radius 3 is 2.48 bits per heavy atom. The fourth-order valence-corrected chi connectivity index (χ4v) is 4.76. The van der Waals surface area contributed by atoms with Crippen molar-refractivity contribution < 1.29 is 8.42 Å². The van der Waals surface area contributed by atoms with Crippen molar-refractivity contribution >= 4 is 16.0 Å². The third-order valence-electron chi connectivity index (χ3n) is 4.64. The topological polar surface area (TPSA) is 73.8 Å². The molecule has 6 nitrogen and oxygen atoms in total. The van der Waals surface area contributed by atoms with Crippen molar-refractivity contribution in [3.63, 3.8) is 0 Å². The van der Waals surface area contributed by atoms with Gasteiger partial charge in [-0.2, -0.15) is 0 Å². The van der Waals surface area contributed by atoms with Gasteiger partial charge in [-0.15, -0.1) is 0 Å². The van der Waals surface area contributed by atoms with E-state index in [9.17, 15) is 8.42 Å². The fraction of sp³-hybridized carbons (Fsp3) is 0.650. The Morgan fingerprint density at radius 2 is 1.93 bits per heavy atom. The molecule has 7 heteroatoms. The maximum absolute atomic E-state index is 11.9. The van der Waals surface area contributed by atoms with E-state index in [4.69, 9.17) is 0 Å². The van der Waals surface area contributed by atoms with E-state index in [0.29, 0.717) is 37.9 Å². The Balaban J connectivity index is 1.93. The predicted molar refractivity (Wildman–Crippen MR) is 112 cm³/mol. The van der Waals surface area contributed by atoms with Crippen LogP contribution < -0.4 is 10.6 Å². The summed E-state index contributed by atoms with van der Waals surface area (Å²) in [6.07, 6.45) is 1.81. The maximum atomic E-state index is 11.9. The van der Waals surface area contributed by atoms with Gasteiger partial charge in [-0.3, -0.25) is 4.99 Å². The van der Waals surface area contributed by atoms with Crippen LogP contribution in [0.25, 0.3) is 0 Å². The normalized spacial score (nSPS) is 18.6. The van der Waals surface area contributed by atoms with Crippen molar-refractivity contribution in [1.82, 2.24) is 14.9 Å². The number of hydrogen-bond donors (Lipinski definition) is 2. The van der Waals surface area contributed by atoms with Crippen molar-refractivity contribution in [1.29, 1.82) is 0 Å². The number of nitrogens with one attached hydrogen (secondary N) is 2. The molecule has 1 atom stereocenters. The lowest BCUT2D eigenvalue weighted by molar-refractivity contribution is 0.452. The summed E-state index contributed by atoms with van der Waals surface area (Å²) >= 11 is 0. The van der Waals surface area contributed by atoms with E-state index in [1.807, 2.05) is 6.92 Å². The molecule has 0 bridgehead atoms. The Morgan fingerprint density at radius 1 is 1.22 bits per heavy atom. The Kier molecular flexibility index (Phi) is 8.10. The second-order valence-electron chi connectivity index (χ2n) is 7.53. The van der Waals surface area contributed by atoms with Crippen LogP contribution in [0.5, 0.6) is 0 Å². The zero-order valence-electron chi connectivity index (χ0n) is 17.0. The molecule has 0 aromatic heterocycles. The highest BCUT2D eigenvalue weighted by molar-refractivity contribution is 7.89. The van der Waals surface area contributed by atoms with Crippen LogP contribution >= 0.6 is 0 Å². The summed E-state index contributed by atoms with van der Waals surface area (Å²) in [5.74, 6) is 1.63. The summed E-state index contributed by atoms with van der Waals surface area (Å²) in [6, 6.07) is 8.82. The third kappa shape index (κ3) is 6.81. The number of benzene rings is 1. The largest absolute Gasteiger partial charge is 0.357 e. The van der Waals surface area contributed by atoms with Gasteiger partial charge in [0.1, 0.15) is 0 Å². The zero-order valence-corrected chi connectivity index (χ0v) is 17.8. The number of aliphatic imine (C=N–C) groups is 1. The van der Waals surface area contributed by atoms with Crippen LogP contribution in [0.15, 0.2) is 29.3 Å². The molecule has 2 rings (SSSR count). The molecule has 0 amide bonds. The zero-order chi connectivity index (χ0) is 19.9. The first-order valence-electron chi connectivity index (χ1n) is 9.93. The van der Waals surface area contributed by atoms with Crippen LogP contribution in [-0.4, -0.2) is 50.6 Å². The average Bonchev–Trinajstić information content (AvgIpc) is 2.93. The van der Waals surface area contributed by atoms with Gasteiger partial charge in [0.05, 0.1) is 18.3 Å². The first-order valence-corrected chi connectivity index (χ1v) is 11.5. The monoisotopic (exact) mass is 394 g/mol. The number of guanidine groups is 1. The molecule has 1 heterocycles. The molecule has 1 aromatic carbocycles. The molecule has 1 aliphatic heterocycles. The predicted octanol–water partition coefficient (Wildman–Crippen LogP) is 2.54. The van der Waals surface area contributed by atoms with E-state index in [1.165, 1.54) is 15.4 Å². The standard InChI is InChI=1S/C20H34N4O2S/c1-5-21-20(22-11-13-24-12-6-14-27(24,25)26)23-17(4)19-9-7-18(8-10-19)15-16(2)3/h7-10,16-17H,5-6,11-15H2,1-4H3,(H2,21,22,23). The SMILES string of the molecule is CCNC(=NCCN1CCCS1(=O)=O)NC(C)c1ccc(CC(C)C)cc1. The van der Waals surface area contributed by atoms with Crippen molar-refractivity contribution in [3.05, 3.63) is 35.4 Å². The van der Waals surface area contributed by atoms with E-state index in [0.717, 1.165) is 13.0 Å². The smallest absolute Gasteiger partial charge is 0.214 e. The van der Waals surface area contributed by atoms with Crippen molar-refractivity contribution in [2.45, 2.75) is 46.6 Å². The van der Waals surface area contributed by atoms with E-state index >= 15 is 0 Å². The van der Waals surface area contributed by atoms with Gasteiger partial charge < -0.3 is 10.6 Å². The summed E-state index contributed by atoms with van der Waals surface area (Å²) in [5.41, 5.74) is 2.56. The lowest BCUT2D eigenvalue weighted by Crippen LogP contribution is -2.39. The molecular formula is C20H34N4O2S. The van der Waals surface area contributed by atoms with Gasteiger partial charge in [0.2, 0.25) is 10.0 Å². The van der Waals surface area contributed by atoms with E-state index in [2.05, 4.69) is 60.7 Å². The highest BCUT2D eigenvalue weighted by Crippen LogP contribution is 2.16. The van der Waals surface area contributed by atoms with Crippen molar-refractivity contribution in [2.75, 3.05) is 31.9 Å². The molecule has 1 fully saturated rings. The lowest BCUT2D eigenvalue weighted by Gasteiger charge is -2.19. The average molecular weight is 395 g/mol. The van der Waals surface area contributed by atoms with Crippen LogP contribution in [0.1, 0.15) is 51.3 Å². The molecule has 1 saturated heterocycles. The summed E-state index contributed by atoms with van der Waals surface area (Å²) < 4.78 is 25.3. The molecule has 0 aliphatic carbocycles. The molecule has 0 spiro atoms. The highest BCUT2D eigenvalue weighted by Gasteiger charge is 2.27. The van der Waals surface area contributed by atoms with Crippen LogP contribution in [0.4, 0.5) is 0 Å². The molecule has 1 aliphatic rings. The molecule has 0 saturated carbocycles. The molecule has 27 heavy (non-hydrogen) atoms. The van der Waals surface area contributed by atoms with Crippen LogP contribution in [0.2, 0.25) is 0 Å². The minimum Gasteiger partial charge on any atom is -0.357 e. The Hall–Kier alpha value is -1.60. The Labute approximate surface area is 164 Å². The molecule has 1 aromatic rings. The minimum atomic E-state index is -3.05. The van der Waals surface area contributed by atoms with Crippen molar-refractivity contribution in [3.8, 4) is 0 Å². The van der Waals surface area contributed by atoms with Crippen LogP contribution in [0.3, 0.4) is 0 Å². The first kappa shape index (κ1) is 21.7. The molecule has 0 radical (unpaired) electrons. The summed E-state index contributed by atoms with van der Waals surface area (Å²) in [7, 11) is -3.05. The van der Waals surface area contributed by atoms with E-state index < -0.39 is 10.0 Å². The van der Waals surface area contributed by atoms with Gasteiger partial charge in [-0.1, -0.05) is 38.1 Å². The van der Waals surface area contributed by atoms with E-state index in [-0.39, 0.29) is 11.8 Å². The van der Waals surface area contributed by atoms with Gasteiger partial charge in [0, 0.05) is 19.6 Å². The van der Waals surface area contributed by atoms with Gasteiger partial charge in [-0.25, -0.2) is 12.7 Å². The summed E-state index contributed by atoms with van der Waals surface area (Å²) in [5, 5.41) is 6.65. The minimum absolute atomic E-state index is 0.117. The van der Waals surface area contributed by atoms with Gasteiger partial charge in [0.15, 0.2) is 5.96 Å². The number of nitrogens with zero attached hydrogens (tertiary/aromatic N) is 2. The lowest BCUT2D eigenvalue weighted by atomic mass is 10.00. The highest BCUT2D eigenvalue weighted by atomic mass is 32.2. The maximum Gasteiger partial charge on any atom is 0.214 e. The fourth-order valence-electron chi connectivity index (χ4n) is 3.24. The summed E-state index contributed by atoms with van der Waals surface area (Å²) in [4.78, 5) is 4.55. The quantitative estimate of drug-likeness (QED) is 0.525. The number of rotatable bonds is 8. The van der Waals surface area contributed by atoms with Gasteiger partial charge >= 0.3 is 0 Å². The van der Waals surface area contributed by atoms with E-state index in [1.54, 1.807) is 0 Å². The van der Waals surface area contributed by atoms with Gasteiger partial charge in [0.25, 0.3) is 0 Å². The van der Waals surface area contributed by atoms with Gasteiger partial charge in [-0.05, 0) is 43.7 Å². The second-order valence-corrected chi connectivity index (χ2v) is 9.62. The Bertz CT molecular complexity index is 714. The van der Waals surface area contributed by atoms with Crippen LogP contribution in [-0.2, 0) is 16.4 Å². The number of hydrogen-bond acceptors (Lipinski definition) is 3.